The van der Waals surface area contributed by atoms with Crippen LogP contribution in [-0.2, 0) is 4.79 Å². The van der Waals surface area contributed by atoms with Crippen LogP contribution in [0.1, 0.15) is 11.8 Å². The number of benzene rings is 1. The van der Waals surface area contributed by atoms with Gasteiger partial charge < -0.3 is 9.84 Å². The molecule has 0 saturated carbocycles. The summed E-state index contributed by atoms with van der Waals surface area (Å²) < 4.78 is 18.4. The monoisotopic (exact) mass is 388 g/mol. The Bertz CT molecular complexity index is 961. The fraction of sp³-hybridized carbons (Fsp3) is 0.235. The number of likely N-dealkylation sites (tertiary alicyclic amines) is 1. The lowest BCUT2D eigenvalue weighted by Gasteiger charge is -2.36. The summed E-state index contributed by atoms with van der Waals surface area (Å²) in [5.74, 6) is 0.568. The number of hydrogen-bond donors (Lipinski definition) is 1. The van der Waals surface area contributed by atoms with Crippen molar-refractivity contribution >= 4 is 23.2 Å². The van der Waals surface area contributed by atoms with Crippen LogP contribution in [0.15, 0.2) is 41.2 Å². The van der Waals surface area contributed by atoms with Gasteiger partial charge in [0.15, 0.2) is 0 Å². The van der Waals surface area contributed by atoms with Crippen LogP contribution < -0.4 is 5.32 Å². The third-order valence-corrected chi connectivity index (χ3v) is 4.37. The number of carbonyl (C=O) groups excluding carboxylic acids is 1. The normalized spacial score (nSPS) is 14.7. The lowest BCUT2D eigenvalue weighted by Crippen LogP contribution is -2.48. The number of nitrogens with one attached hydrogen (secondary N) is 1. The van der Waals surface area contributed by atoms with E-state index in [2.05, 4.69) is 25.4 Å². The first kappa shape index (κ1) is 17.5. The molecule has 8 nitrogen and oxygen atoms in total. The van der Waals surface area contributed by atoms with Gasteiger partial charge in [-0.2, -0.15) is 4.98 Å². The fourth-order valence-electron chi connectivity index (χ4n) is 2.74. The van der Waals surface area contributed by atoms with Crippen LogP contribution >= 0.6 is 11.6 Å². The zero-order valence-corrected chi connectivity index (χ0v) is 14.7. The van der Waals surface area contributed by atoms with Crippen molar-refractivity contribution in [2.45, 2.75) is 5.92 Å². The molecule has 1 aliphatic heterocycles. The van der Waals surface area contributed by atoms with E-state index in [1.807, 2.05) is 4.90 Å². The quantitative estimate of drug-likeness (QED) is 0.716. The van der Waals surface area contributed by atoms with Crippen molar-refractivity contribution in [3.63, 3.8) is 0 Å². The van der Waals surface area contributed by atoms with E-state index in [9.17, 15) is 9.18 Å². The molecule has 0 atom stereocenters. The zero-order valence-electron chi connectivity index (χ0n) is 14.0. The van der Waals surface area contributed by atoms with Crippen molar-refractivity contribution in [2.75, 3.05) is 25.0 Å². The third kappa shape index (κ3) is 3.93. The van der Waals surface area contributed by atoms with Crippen LogP contribution in [0.2, 0.25) is 5.02 Å². The molecule has 0 aliphatic carbocycles. The van der Waals surface area contributed by atoms with Crippen molar-refractivity contribution in [3.8, 4) is 11.6 Å². The number of rotatable bonds is 5. The van der Waals surface area contributed by atoms with E-state index in [1.54, 1.807) is 18.5 Å². The number of carbonyl (C=O) groups is 1. The Labute approximate surface area is 158 Å². The largest absolute Gasteiger partial charge is 0.338 e. The van der Waals surface area contributed by atoms with Gasteiger partial charge >= 0.3 is 0 Å². The molecule has 1 aromatic carbocycles. The second-order valence-electron chi connectivity index (χ2n) is 6.10. The molecule has 3 heterocycles. The van der Waals surface area contributed by atoms with E-state index in [-0.39, 0.29) is 23.4 Å². The number of hydrogen-bond acceptors (Lipinski definition) is 7. The van der Waals surface area contributed by atoms with E-state index < -0.39 is 5.82 Å². The Kier molecular flexibility index (Phi) is 4.78. The minimum Gasteiger partial charge on any atom is -0.338 e. The van der Waals surface area contributed by atoms with Crippen molar-refractivity contribution in [2.24, 2.45) is 0 Å². The Morgan fingerprint density at radius 3 is 2.81 bits per heavy atom. The molecule has 1 aliphatic rings. The molecule has 1 saturated heterocycles. The minimum atomic E-state index is -0.528. The molecule has 0 radical (unpaired) electrons. The van der Waals surface area contributed by atoms with Gasteiger partial charge in [0.2, 0.25) is 23.4 Å². The van der Waals surface area contributed by atoms with E-state index in [0.29, 0.717) is 36.3 Å². The highest BCUT2D eigenvalue weighted by Crippen LogP contribution is 2.27. The van der Waals surface area contributed by atoms with Gasteiger partial charge in [-0.1, -0.05) is 16.8 Å². The van der Waals surface area contributed by atoms with Gasteiger partial charge in [-0.15, -0.1) is 0 Å². The summed E-state index contributed by atoms with van der Waals surface area (Å²) in [7, 11) is 0. The lowest BCUT2D eigenvalue weighted by atomic mass is 10.0. The number of aromatic nitrogens is 4. The highest BCUT2D eigenvalue weighted by atomic mass is 35.5. The van der Waals surface area contributed by atoms with Crippen molar-refractivity contribution in [1.29, 1.82) is 0 Å². The molecule has 10 heteroatoms. The number of nitrogens with zero attached hydrogens (tertiary/aromatic N) is 5. The standard InChI is InChI=1S/C17H14ClFN6O2/c18-12-6-11(2-3-13(12)19)22-14(26)9-25-7-10(8-25)17-23-16(24-27-17)15-20-4-1-5-21-15/h1-6,10H,7-9H2,(H,22,26). The summed E-state index contributed by atoms with van der Waals surface area (Å²) in [5.41, 5.74) is 0.452. The van der Waals surface area contributed by atoms with Crippen LogP contribution in [0, 0.1) is 5.82 Å². The van der Waals surface area contributed by atoms with Crippen molar-refractivity contribution < 1.29 is 13.7 Å². The lowest BCUT2D eigenvalue weighted by molar-refractivity contribution is -0.118. The molecule has 1 amide bonds. The maximum absolute atomic E-state index is 13.1. The van der Waals surface area contributed by atoms with Crippen LogP contribution in [0.25, 0.3) is 11.6 Å². The number of anilines is 1. The molecule has 27 heavy (non-hydrogen) atoms. The summed E-state index contributed by atoms with van der Waals surface area (Å²) in [4.78, 5) is 26.5. The minimum absolute atomic E-state index is 0.0357. The van der Waals surface area contributed by atoms with Crippen LogP contribution in [0.3, 0.4) is 0 Å². The van der Waals surface area contributed by atoms with Gasteiger partial charge in [-0.05, 0) is 24.3 Å². The number of halogens is 2. The van der Waals surface area contributed by atoms with Crippen LogP contribution in [-0.4, -0.2) is 50.5 Å². The van der Waals surface area contributed by atoms with E-state index >= 15 is 0 Å². The SMILES string of the molecule is O=C(CN1CC(c2nc(-c3ncccn3)no2)C1)Nc1ccc(F)c(Cl)c1. The molecule has 4 rings (SSSR count). The molecule has 1 fully saturated rings. The zero-order chi connectivity index (χ0) is 18.8. The molecule has 2 aromatic heterocycles. The predicted octanol–water partition coefficient (Wildman–Crippen LogP) is 2.36. The van der Waals surface area contributed by atoms with Gasteiger partial charge in [0.25, 0.3) is 0 Å². The summed E-state index contributed by atoms with van der Waals surface area (Å²) in [6, 6.07) is 5.75. The van der Waals surface area contributed by atoms with Crippen molar-refractivity contribution in [3.05, 3.63) is 53.4 Å². The smallest absolute Gasteiger partial charge is 0.240 e. The average molecular weight is 389 g/mol. The van der Waals surface area contributed by atoms with Gasteiger partial charge in [-0.3, -0.25) is 9.69 Å². The van der Waals surface area contributed by atoms with Gasteiger partial charge in [0.1, 0.15) is 5.82 Å². The molecular weight excluding hydrogens is 375 g/mol. The van der Waals surface area contributed by atoms with E-state index in [4.69, 9.17) is 16.1 Å². The van der Waals surface area contributed by atoms with Gasteiger partial charge in [0, 0.05) is 31.2 Å². The Hall–Kier alpha value is -2.91. The summed E-state index contributed by atoms with van der Waals surface area (Å²) >= 11 is 5.71. The molecule has 0 spiro atoms. The van der Waals surface area contributed by atoms with Gasteiger partial charge in [-0.25, -0.2) is 14.4 Å². The first-order chi connectivity index (χ1) is 13.1. The maximum atomic E-state index is 13.1. The summed E-state index contributed by atoms with van der Waals surface area (Å²) in [6.45, 7) is 1.44. The molecular formula is C17H14ClFN6O2. The highest BCUT2D eigenvalue weighted by molar-refractivity contribution is 6.31. The molecule has 138 valence electrons. The first-order valence-corrected chi connectivity index (χ1v) is 8.54. The predicted molar refractivity (Wildman–Crippen MR) is 94.5 cm³/mol. The van der Waals surface area contributed by atoms with E-state index in [0.717, 1.165) is 0 Å². The van der Waals surface area contributed by atoms with Gasteiger partial charge in [0.05, 0.1) is 17.5 Å². The first-order valence-electron chi connectivity index (χ1n) is 8.17. The second kappa shape index (κ2) is 7.37. The second-order valence-corrected chi connectivity index (χ2v) is 6.50. The summed E-state index contributed by atoms with van der Waals surface area (Å²) in [6.07, 6.45) is 3.22. The molecule has 3 aromatic rings. The molecule has 0 bridgehead atoms. The van der Waals surface area contributed by atoms with Crippen molar-refractivity contribution in [1.82, 2.24) is 25.0 Å². The Balaban J connectivity index is 1.29. The third-order valence-electron chi connectivity index (χ3n) is 4.08. The Morgan fingerprint density at radius 2 is 2.07 bits per heavy atom. The molecule has 1 N–H and O–H groups in total. The van der Waals surface area contributed by atoms with Crippen LogP contribution in [0.5, 0.6) is 0 Å². The topological polar surface area (TPSA) is 97.0 Å². The fourth-order valence-corrected chi connectivity index (χ4v) is 2.92. The molecule has 0 unspecified atom stereocenters. The Morgan fingerprint density at radius 1 is 1.30 bits per heavy atom. The number of amides is 1. The average Bonchev–Trinajstić information content (AvgIpc) is 3.11. The summed E-state index contributed by atoms with van der Waals surface area (Å²) in [5, 5.41) is 6.55. The highest BCUT2D eigenvalue weighted by Gasteiger charge is 2.33. The van der Waals surface area contributed by atoms with E-state index in [1.165, 1.54) is 18.2 Å². The maximum Gasteiger partial charge on any atom is 0.240 e. The van der Waals surface area contributed by atoms with Crippen LogP contribution in [0.4, 0.5) is 10.1 Å².